The molecule has 0 N–H and O–H groups in total. The van der Waals surface area contributed by atoms with E-state index in [4.69, 9.17) is 19.7 Å². The van der Waals surface area contributed by atoms with E-state index >= 15 is 0 Å². The minimum atomic E-state index is 0.114. The van der Waals surface area contributed by atoms with E-state index in [2.05, 4.69) is 71.0 Å². The summed E-state index contributed by atoms with van der Waals surface area (Å²) in [5.41, 5.74) is 7.54. The van der Waals surface area contributed by atoms with E-state index in [0.717, 1.165) is 47.9 Å². The van der Waals surface area contributed by atoms with Crippen LogP contribution in [-0.2, 0) is 11.2 Å². The van der Waals surface area contributed by atoms with Crippen molar-refractivity contribution >= 4 is 23.2 Å². The first-order valence-electron chi connectivity index (χ1n) is 11.2. The predicted molar refractivity (Wildman–Crippen MR) is 127 cm³/mol. The van der Waals surface area contributed by atoms with E-state index in [9.17, 15) is 0 Å². The first-order chi connectivity index (χ1) is 15.8. The Hall–Kier alpha value is -3.51. The van der Waals surface area contributed by atoms with Crippen molar-refractivity contribution in [2.75, 3.05) is 31.2 Å². The number of benzene rings is 2. The summed E-state index contributed by atoms with van der Waals surface area (Å²) >= 11 is 0. The van der Waals surface area contributed by atoms with Crippen molar-refractivity contribution in [3.63, 3.8) is 0 Å². The van der Waals surface area contributed by atoms with E-state index in [1.165, 1.54) is 16.7 Å². The second-order valence-electron chi connectivity index (χ2n) is 8.37. The summed E-state index contributed by atoms with van der Waals surface area (Å²) in [6, 6.07) is 17.1. The highest BCUT2D eigenvalue weighted by Gasteiger charge is 2.23. The summed E-state index contributed by atoms with van der Waals surface area (Å²) in [6.07, 6.45) is 7.29. The number of anilines is 1. The van der Waals surface area contributed by atoms with E-state index in [0.29, 0.717) is 13.2 Å². The maximum atomic E-state index is 5.56. The fourth-order valence-electron chi connectivity index (χ4n) is 4.67. The zero-order valence-electron chi connectivity index (χ0n) is 18.1. The molecule has 1 saturated heterocycles. The van der Waals surface area contributed by atoms with E-state index < -0.39 is 0 Å². The molecule has 2 aromatic carbocycles. The fourth-order valence-corrected chi connectivity index (χ4v) is 4.67. The third-order valence-electron chi connectivity index (χ3n) is 6.48. The molecule has 0 spiro atoms. The molecule has 1 fully saturated rings. The van der Waals surface area contributed by atoms with Gasteiger partial charge in [0.05, 0.1) is 25.6 Å². The van der Waals surface area contributed by atoms with Crippen LogP contribution in [0.25, 0.3) is 28.5 Å². The molecule has 4 aromatic rings. The topological polar surface area (TPSA) is 56.1 Å². The molecule has 32 heavy (non-hydrogen) atoms. The standard InChI is InChI=1S/C26H25N5O/c1-18(19-7-3-2-4-8-19)31-17-27-24-23(22-12-6-10-20-9-5-11-21(20)22)28-26(29-25(24)31)30-13-15-32-16-14-30/h2-8,10-12,17-18H,9,13-16H2,1H3. The number of aromatic nitrogens is 4. The Kier molecular flexibility index (Phi) is 4.72. The Labute approximate surface area is 187 Å². The quantitative estimate of drug-likeness (QED) is 0.483. The van der Waals surface area contributed by atoms with Crippen LogP contribution in [0.5, 0.6) is 0 Å². The average Bonchev–Trinajstić information content (AvgIpc) is 3.51. The highest BCUT2D eigenvalue weighted by Crippen LogP contribution is 2.35. The van der Waals surface area contributed by atoms with Gasteiger partial charge in [-0.05, 0) is 30.0 Å². The normalized spacial score (nSPS) is 16.5. The maximum absolute atomic E-state index is 5.56. The highest BCUT2D eigenvalue weighted by molar-refractivity contribution is 5.92. The Balaban J connectivity index is 1.56. The van der Waals surface area contributed by atoms with Gasteiger partial charge in [0.2, 0.25) is 5.95 Å². The molecule has 2 aliphatic rings. The van der Waals surface area contributed by atoms with Crippen molar-refractivity contribution in [2.24, 2.45) is 0 Å². The van der Waals surface area contributed by atoms with Crippen LogP contribution in [0.15, 0.2) is 60.9 Å². The van der Waals surface area contributed by atoms with Crippen LogP contribution in [0.2, 0.25) is 0 Å². The molecule has 2 aromatic heterocycles. The van der Waals surface area contributed by atoms with Gasteiger partial charge in [0.25, 0.3) is 0 Å². The summed E-state index contributed by atoms with van der Waals surface area (Å²) < 4.78 is 7.73. The van der Waals surface area contributed by atoms with E-state index in [-0.39, 0.29) is 6.04 Å². The molecule has 1 aliphatic heterocycles. The van der Waals surface area contributed by atoms with Gasteiger partial charge in [0.15, 0.2) is 5.65 Å². The van der Waals surface area contributed by atoms with Crippen LogP contribution in [-0.4, -0.2) is 45.8 Å². The monoisotopic (exact) mass is 423 g/mol. The number of hydrogen-bond donors (Lipinski definition) is 0. The number of hydrogen-bond acceptors (Lipinski definition) is 5. The third kappa shape index (κ3) is 3.19. The van der Waals surface area contributed by atoms with Gasteiger partial charge >= 0.3 is 0 Å². The Morgan fingerprint density at radius 2 is 1.81 bits per heavy atom. The lowest BCUT2D eigenvalue weighted by molar-refractivity contribution is 0.122. The van der Waals surface area contributed by atoms with Crippen molar-refractivity contribution in [2.45, 2.75) is 19.4 Å². The zero-order chi connectivity index (χ0) is 21.5. The van der Waals surface area contributed by atoms with Gasteiger partial charge in [0, 0.05) is 18.7 Å². The van der Waals surface area contributed by atoms with Crippen LogP contribution in [0.3, 0.4) is 0 Å². The molecular weight excluding hydrogens is 398 g/mol. The van der Waals surface area contributed by atoms with Gasteiger partial charge in [-0.1, -0.05) is 60.7 Å². The van der Waals surface area contributed by atoms with Gasteiger partial charge in [-0.15, -0.1) is 0 Å². The minimum Gasteiger partial charge on any atom is -0.378 e. The number of morpholine rings is 1. The van der Waals surface area contributed by atoms with Gasteiger partial charge in [0.1, 0.15) is 11.2 Å². The molecule has 1 unspecified atom stereocenters. The number of fused-ring (bicyclic) bond motifs is 2. The molecule has 0 radical (unpaired) electrons. The van der Waals surface area contributed by atoms with Crippen LogP contribution >= 0.6 is 0 Å². The van der Waals surface area contributed by atoms with Crippen molar-refractivity contribution in [3.8, 4) is 11.3 Å². The predicted octanol–water partition coefficient (Wildman–Crippen LogP) is 4.51. The Morgan fingerprint density at radius 3 is 2.66 bits per heavy atom. The summed E-state index contributed by atoms with van der Waals surface area (Å²) in [5.74, 6) is 0.748. The molecule has 0 saturated carbocycles. The molecule has 6 rings (SSSR count). The Bertz CT molecular complexity index is 1300. The minimum absolute atomic E-state index is 0.114. The van der Waals surface area contributed by atoms with Gasteiger partial charge in [-0.25, -0.2) is 9.97 Å². The smallest absolute Gasteiger partial charge is 0.228 e. The summed E-state index contributed by atoms with van der Waals surface area (Å²) in [6.45, 7) is 5.16. The molecule has 3 heterocycles. The second-order valence-corrected chi connectivity index (χ2v) is 8.37. The van der Waals surface area contributed by atoms with Crippen molar-refractivity contribution < 1.29 is 4.74 Å². The van der Waals surface area contributed by atoms with Crippen LogP contribution in [0.4, 0.5) is 5.95 Å². The summed E-state index contributed by atoms with van der Waals surface area (Å²) in [5, 5.41) is 0. The zero-order valence-corrected chi connectivity index (χ0v) is 18.1. The first-order valence-corrected chi connectivity index (χ1v) is 11.2. The molecule has 0 bridgehead atoms. The van der Waals surface area contributed by atoms with E-state index in [1.54, 1.807) is 0 Å². The lowest BCUT2D eigenvalue weighted by Crippen LogP contribution is -2.37. The molecular formula is C26H25N5O. The van der Waals surface area contributed by atoms with Gasteiger partial charge < -0.3 is 14.2 Å². The molecule has 160 valence electrons. The maximum Gasteiger partial charge on any atom is 0.228 e. The summed E-state index contributed by atoms with van der Waals surface area (Å²) in [4.78, 5) is 17.1. The fraction of sp³-hybridized carbons (Fsp3) is 0.269. The van der Waals surface area contributed by atoms with E-state index in [1.807, 2.05) is 12.4 Å². The number of rotatable bonds is 4. The Morgan fingerprint density at radius 1 is 0.969 bits per heavy atom. The molecule has 6 nitrogen and oxygen atoms in total. The summed E-state index contributed by atoms with van der Waals surface area (Å²) in [7, 11) is 0. The lowest BCUT2D eigenvalue weighted by atomic mass is 10.0. The number of nitrogens with zero attached hydrogens (tertiary/aromatic N) is 5. The number of allylic oxidation sites excluding steroid dienone is 1. The first kappa shape index (κ1) is 19.2. The number of ether oxygens (including phenoxy) is 1. The largest absolute Gasteiger partial charge is 0.378 e. The number of imidazole rings is 1. The second kappa shape index (κ2) is 7.88. The van der Waals surface area contributed by atoms with Crippen LogP contribution in [0.1, 0.15) is 29.7 Å². The lowest BCUT2D eigenvalue weighted by Gasteiger charge is -2.27. The van der Waals surface area contributed by atoms with Crippen molar-refractivity contribution in [3.05, 3.63) is 77.6 Å². The molecule has 1 aliphatic carbocycles. The SMILES string of the molecule is CC(c1ccccc1)n1cnc2c(-c3cccc4c3C=CC4)nc(N3CCOCC3)nc21. The molecule has 0 amide bonds. The van der Waals surface area contributed by atoms with Gasteiger partial charge in [-0.3, -0.25) is 0 Å². The van der Waals surface area contributed by atoms with Gasteiger partial charge in [-0.2, -0.15) is 4.98 Å². The van der Waals surface area contributed by atoms with Crippen molar-refractivity contribution in [1.82, 2.24) is 19.5 Å². The van der Waals surface area contributed by atoms with Crippen LogP contribution < -0.4 is 4.90 Å². The molecule has 1 atom stereocenters. The third-order valence-corrected chi connectivity index (χ3v) is 6.48. The molecule has 6 heteroatoms. The average molecular weight is 424 g/mol. The van der Waals surface area contributed by atoms with Crippen molar-refractivity contribution in [1.29, 1.82) is 0 Å². The highest BCUT2D eigenvalue weighted by atomic mass is 16.5. The van der Waals surface area contributed by atoms with Crippen LogP contribution in [0, 0.1) is 0 Å².